The SMILES string of the molecule is C#CCC1C(=O)CC(OC(=O)C2C(C=C(C)C)C2(C)C)=C1C. The van der Waals surface area contributed by atoms with Crippen molar-refractivity contribution in [3.63, 3.8) is 0 Å². The molecule has 0 amide bonds. The number of carbonyl (C=O) groups excluding carboxylic acids is 2. The molecule has 1 fully saturated rings. The summed E-state index contributed by atoms with van der Waals surface area (Å²) >= 11 is 0. The highest BCUT2D eigenvalue weighted by Gasteiger charge is 2.61. The normalized spacial score (nSPS) is 29.1. The van der Waals surface area contributed by atoms with Gasteiger partial charge in [0.1, 0.15) is 11.5 Å². The van der Waals surface area contributed by atoms with Gasteiger partial charge in [-0.2, -0.15) is 0 Å². The fraction of sp³-hybridized carbons (Fsp3) is 0.579. The lowest BCUT2D eigenvalue weighted by Gasteiger charge is -2.08. The van der Waals surface area contributed by atoms with Crippen LogP contribution in [-0.2, 0) is 14.3 Å². The molecule has 0 aromatic carbocycles. The molecule has 0 aromatic heterocycles. The second kappa shape index (κ2) is 5.76. The molecule has 1 saturated carbocycles. The Morgan fingerprint density at radius 2 is 2.09 bits per heavy atom. The second-order valence-corrected chi connectivity index (χ2v) is 7.20. The molecule has 0 saturated heterocycles. The quantitative estimate of drug-likeness (QED) is 0.452. The zero-order valence-corrected chi connectivity index (χ0v) is 14.0. The summed E-state index contributed by atoms with van der Waals surface area (Å²) < 4.78 is 5.56. The van der Waals surface area contributed by atoms with E-state index < -0.39 is 0 Å². The van der Waals surface area contributed by atoms with Crippen molar-refractivity contribution in [1.82, 2.24) is 0 Å². The fourth-order valence-corrected chi connectivity index (χ4v) is 3.34. The van der Waals surface area contributed by atoms with Gasteiger partial charge in [0.15, 0.2) is 0 Å². The molecule has 3 nitrogen and oxygen atoms in total. The van der Waals surface area contributed by atoms with Gasteiger partial charge in [0.05, 0.1) is 18.3 Å². The molecule has 3 heteroatoms. The van der Waals surface area contributed by atoms with Crippen molar-refractivity contribution >= 4 is 11.8 Å². The molecule has 0 spiro atoms. The Morgan fingerprint density at radius 1 is 1.45 bits per heavy atom. The van der Waals surface area contributed by atoms with Gasteiger partial charge in [0.2, 0.25) is 0 Å². The van der Waals surface area contributed by atoms with Crippen LogP contribution in [0.3, 0.4) is 0 Å². The standard InChI is InChI=1S/C19H24O3/c1-7-8-13-12(4)16(10-15(13)20)22-18(21)17-14(9-11(2)3)19(17,5)6/h1,9,13-14,17H,8,10H2,2-6H3. The number of hydrogen-bond donors (Lipinski definition) is 0. The van der Waals surface area contributed by atoms with Gasteiger partial charge in [-0.1, -0.05) is 25.5 Å². The second-order valence-electron chi connectivity index (χ2n) is 7.20. The van der Waals surface area contributed by atoms with Gasteiger partial charge in [-0.05, 0) is 37.7 Å². The molecule has 22 heavy (non-hydrogen) atoms. The molecular weight excluding hydrogens is 276 g/mol. The number of Topliss-reactive ketones (excluding diaryl/α,β-unsaturated/α-hetero) is 1. The van der Waals surface area contributed by atoms with E-state index in [4.69, 9.17) is 11.2 Å². The first-order valence-corrected chi connectivity index (χ1v) is 7.72. The summed E-state index contributed by atoms with van der Waals surface area (Å²) in [5.41, 5.74) is 1.94. The molecule has 118 valence electrons. The lowest BCUT2D eigenvalue weighted by Crippen LogP contribution is -2.10. The average molecular weight is 300 g/mol. The van der Waals surface area contributed by atoms with Crippen LogP contribution in [0.4, 0.5) is 0 Å². The minimum atomic E-state index is -0.284. The van der Waals surface area contributed by atoms with Crippen LogP contribution in [0.25, 0.3) is 0 Å². The average Bonchev–Trinajstić information content (AvgIpc) is 2.83. The Hall–Kier alpha value is -1.82. The van der Waals surface area contributed by atoms with E-state index in [1.165, 1.54) is 5.57 Å². The van der Waals surface area contributed by atoms with E-state index in [9.17, 15) is 9.59 Å². The number of esters is 1. The lowest BCUT2D eigenvalue weighted by molar-refractivity contribution is -0.142. The van der Waals surface area contributed by atoms with Crippen molar-refractivity contribution in [3.05, 3.63) is 23.0 Å². The molecule has 2 rings (SSSR count). The highest BCUT2D eigenvalue weighted by atomic mass is 16.5. The number of ketones is 1. The Kier molecular flexibility index (Phi) is 4.33. The summed E-state index contributed by atoms with van der Waals surface area (Å²) in [5, 5.41) is 0. The minimum absolute atomic E-state index is 0.0501. The molecular formula is C19H24O3. The highest BCUT2D eigenvalue weighted by Crippen LogP contribution is 2.60. The van der Waals surface area contributed by atoms with Crippen molar-refractivity contribution in [2.45, 2.75) is 47.5 Å². The molecule has 0 bridgehead atoms. The van der Waals surface area contributed by atoms with E-state index >= 15 is 0 Å². The van der Waals surface area contributed by atoms with Gasteiger partial charge >= 0.3 is 5.97 Å². The maximum atomic E-state index is 12.4. The van der Waals surface area contributed by atoms with E-state index in [0.29, 0.717) is 12.2 Å². The Bertz CT molecular complexity index is 609. The van der Waals surface area contributed by atoms with Gasteiger partial charge in [-0.3, -0.25) is 9.59 Å². The smallest absolute Gasteiger partial charge is 0.315 e. The van der Waals surface area contributed by atoms with Gasteiger partial charge in [0.25, 0.3) is 0 Å². The number of rotatable bonds is 4. The predicted octanol–water partition coefficient (Wildman–Crippen LogP) is 3.65. The summed E-state index contributed by atoms with van der Waals surface area (Å²) in [6, 6.07) is 0. The number of hydrogen-bond acceptors (Lipinski definition) is 3. The molecule has 3 atom stereocenters. The van der Waals surface area contributed by atoms with E-state index in [0.717, 1.165) is 5.57 Å². The summed E-state index contributed by atoms with van der Waals surface area (Å²) in [5.74, 6) is 2.64. The minimum Gasteiger partial charge on any atom is -0.430 e. The molecule has 0 radical (unpaired) electrons. The molecule has 3 unspecified atom stereocenters. The van der Waals surface area contributed by atoms with Crippen molar-refractivity contribution in [2.75, 3.05) is 0 Å². The number of terminal acetylenes is 1. The lowest BCUT2D eigenvalue weighted by atomic mass is 9.98. The number of ether oxygens (including phenoxy) is 1. The van der Waals surface area contributed by atoms with Gasteiger partial charge < -0.3 is 4.74 Å². The third-order valence-corrected chi connectivity index (χ3v) is 4.91. The van der Waals surface area contributed by atoms with Crippen molar-refractivity contribution in [1.29, 1.82) is 0 Å². The zero-order chi connectivity index (χ0) is 16.7. The summed E-state index contributed by atoms with van der Waals surface area (Å²) in [6.07, 6.45) is 7.99. The molecule has 0 aromatic rings. The van der Waals surface area contributed by atoms with E-state index in [1.54, 1.807) is 0 Å². The number of allylic oxidation sites excluding steroid dienone is 4. The van der Waals surface area contributed by atoms with Crippen LogP contribution in [0, 0.1) is 35.5 Å². The summed E-state index contributed by atoms with van der Waals surface area (Å²) in [6.45, 7) is 10.0. The summed E-state index contributed by atoms with van der Waals surface area (Å²) in [4.78, 5) is 24.4. The first kappa shape index (κ1) is 16.5. The van der Waals surface area contributed by atoms with Gasteiger partial charge in [0, 0.05) is 6.42 Å². The van der Waals surface area contributed by atoms with Crippen LogP contribution in [0.2, 0.25) is 0 Å². The Balaban J connectivity index is 2.09. The fourth-order valence-electron chi connectivity index (χ4n) is 3.34. The van der Waals surface area contributed by atoms with Gasteiger partial charge in [-0.15, -0.1) is 12.3 Å². The van der Waals surface area contributed by atoms with Crippen molar-refractivity contribution in [3.8, 4) is 12.3 Å². The van der Waals surface area contributed by atoms with Crippen LogP contribution >= 0.6 is 0 Å². The third-order valence-electron chi connectivity index (χ3n) is 4.91. The van der Waals surface area contributed by atoms with Crippen molar-refractivity contribution < 1.29 is 14.3 Å². The molecule has 0 aliphatic heterocycles. The van der Waals surface area contributed by atoms with Crippen LogP contribution in [0.5, 0.6) is 0 Å². The predicted molar refractivity (Wildman–Crippen MR) is 85.5 cm³/mol. The third kappa shape index (κ3) is 2.88. The molecule has 0 heterocycles. The first-order chi connectivity index (χ1) is 10.2. The molecule has 2 aliphatic carbocycles. The molecule has 0 N–H and O–H groups in total. The molecule has 2 aliphatic rings. The number of carbonyl (C=O) groups is 2. The summed E-state index contributed by atoms with van der Waals surface area (Å²) in [7, 11) is 0. The van der Waals surface area contributed by atoms with E-state index in [-0.39, 0.29) is 41.3 Å². The Morgan fingerprint density at radius 3 is 2.64 bits per heavy atom. The Labute approximate surface area is 132 Å². The van der Waals surface area contributed by atoms with E-state index in [2.05, 4.69) is 25.8 Å². The highest BCUT2D eigenvalue weighted by molar-refractivity contribution is 5.90. The van der Waals surface area contributed by atoms with Crippen molar-refractivity contribution in [2.24, 2.45) is 23.2 Å². The van der Waals surface area contributed by atoms with E-state index in [1.807, 2.05) is 20.8 Å². The zero-order valence-electron chi connectivity index (χ0n) is 14.0. The van der Waals surface area contributed by atoms with Crippen LogP contribution < -0.4 is 0 Å². The maximum Gasteiger partial charge on any atom is 0.315 e. The first-order valence-electron chi connectivity index (χ1n) is 7.72. The topological polar surface area (TPSA) is 43.4 Å². The maximum absolute atomic E-state index is 12.4. The van der Waals surface area contributed by atoms with Crippen LogP contribution in [0.1, 0.15) is 47.5 Å². The van der Waals surface area contributed by atoms with Gasteiger partial charge in [-0.25, -0.2) is 0 Å². The largest absolute Gasteiger partial charge is 0.430 e. The van der Waals surface area contributed by atoms with Crippen LogP contribution in [-0.4, -0.2) is 11.8 Å². The van der Waals surface area contributed by atoms with Crippen LogP contribution in [0.15, 0.2) is 23.0 Å². The monoisotopic (exact) mass is 300 g/mol.